The number of carbonyl (C=O) groups is 1. The zero-order valence-electron chi connectivity index (χ0n) is 11.1. The molecule has 0 unspecified atom stereocenters. The van der Waals surface area contributed by atoms with Crippen molar-refractivity contribution in [3.05, 3.63) is 36.5 Å². The highest BCUT2D eigenvalue weighted by Crippen LogP contribution is 2.04. The number of carbonyl (C=O) groups excluding carboxylic acids is 1. The van der Waals surface area contributed by atoms with E-state index >= 15 is 0 Å². The second-order valence-electron chi connectivity index (χ2n) is 4.16. The first-order chi connectivity index (χ1) is 8.41. The second kappa shape index (κ2) is 14.9. The fourth-order valence-electron chi connectivity index (χ4n) is 1.54. The van der Waals surface area contributed by atoms with Crippen molar-refractivity contribution in [2.75, 3.05) is 0 Å². The van der Waals surface area contributed by atoms with Crippen LogP contribution < -0.4 is 0 Å². The summed E-state index contributed by atoms with van der Waals surface area (Å²) in [6.45, 7) is 2.03. The molecule has 0 aromatic carbocycles. The van der Waals surface area contributed by atoms with Gasteiger partial charge in [0.15, 0.2) is 0 Å². The van der Waals surface area contributed by atoms with Crippen molar-refractivity contribution in [1.82, 2.24) is 0 Å². The van der Waals surface area contributed by atoms with Crippen LogP contribution in [0.15, 0.2) is 36.5 Å². The lowest BCUT2D eigenvalue weighted by Crippen LogP contribution is -1.76. The van der Waals surface area contributed by atoms with E-state index in [0.717, 1.165) is 25.5 Å². The second-order valence-corrected chi connectivity index (χ2v) is 4.16. The third-order valence-corrected chi connectivity index (χ3v) is 2.54. The molecule has 0 amide bonds. The summed E-state index contributed by atoms with van der Waals surface area (Å²) >= 11 is 0. The Morgan fingerprint density at radius 2 is 1.24 bits per heavy atom. The SMILES string of the molecule is C/C=C/C=C/CCCC/C=C/CCCCC=O. The molecule has 0 N–H and O–H groups in total. The lowest BCUT2D eigenvalue weighted by Gasteiger charge is -1.94. The average molecular weight is 234 g/mol. The molecule has 17 heavy (non-hydrogen) atoms. The van der Waals surface area contributed by atoms with Crippen LogP contribution in [0.2, 0.25) is 0 Å². The molecule has 96 valence electrons. The minimum Gasteiger partial charge on any atom is -0.303 e. The van der Waals surface area contributed by atoms with Crippen molar-refractivity contribution in [2.45, 2.75) is 58.3 Å². The molecular weight excluding hydrogens is 208 g/mol. The maximum Gasteiger partial charge on any atom is 0.119 e. The summed E-state index contributed by atoms with van der Waals surface area (Å²) in [7, 11) is 0. The van der Waals surface area contributed by atoms with Gasteiger partial charge >= 0.3 is 0 Å². The van der Waals surface area contributed by atoms with E-state index in [1.807, 2.05) is 13.0 Å². The van der Waals surface area contributed by atoms with Crippen LogP contribution in [0.1, 0.15) is 58.3 Å². The predicted octanol–water partition coefficient (Wildman–Crippen LogP) is 4.99. The van der Waals surface area contributed by atoms with Crippen molar-refractivity contribution in [3.8, 4) is 0 Å². The Hall–Kier alpha value is -1.11. The lowest BCUT2D eigenvalue weighted by atomic mass is 10.1. The maximum absolute atomic E-state index is 10.1. The summed E-state index contributed by atoms with van der Waals surface area (Å²) in [4.78, 5) is 10.1. The molecule has 0 fully saturated rings. The molecule has 1 heteroatoms. The molecular formula is C16H26O. The highest BCUT2D eigenvalue weighted by molar-refractivity contribution is 5.48. The molecule has 0 saturated heterocycles. The highest BCUT2D eigenvalue weighted by Gasteiger charge is 1.85. The molecule has 0 aromatic rings. The molecule has 0 saturated carbocycles. The first-order valence-electron chi connectivity index (χ1n) is 6.78. The molecule has 0 aliphatic carbocycles. The molecule has 0 aromatic heterocycles. The fourth-order valence-corrected chi connectivity index (χ4v) is 1.54. The van der Waals surface area contributed by atoms with Gasteiger partial charge in [0.25, 0.3) is 0 Å². The molecule has 0 aliphatic rings. The van der Waals surface area contributed by atoms with Gasteiger partial charge in [0.1, 0.15) is 6.29 Å². The number of hydrogen-bond acceptors (Lipinski definition) is 1. The van der Waals surface area contributed by atoms with Gasteiger partial charge in [-0.05, 0) is 51.9 Å². The van der Waals surface area contributed by atoms with Gasteiger partial charge < -0.3 is 4.79 Å². The van der Waals surface area contributed by atoms with Crippen LogP contribution in [0, 0.1) is 0 Å². The number of hydrogen-bond donors (Lipinski definition) is 0. The third-order valence-electron chi connectivity index (χ3n) is 2.54. The minimum absolute atomic E-state index is 0.715. The van der Waals surface area contributed by atoms with Gasteiger partial charge in [0.2, 0.25) is 0 Å². The van der Waals surface area contributed by atoms with Crippen LogP contribution in [0.5, 0.6) is 0 Å². The molecule has 0 atom stereocenters. The predicted molar refractivity (Wildman–Crippen MR) is 76.1 cm³/mol. The lowest BCUT2D eigenvalue weighted by molar-refractivity contribution is -0.107. The van der Waals surface area contributed by atoms with Crippen molar-refractivity contribution in [3.63, 3.8) is 0 Å². The largest absolute Gasteiger partial charge is 0.303 e. The topological polar surface area (TPSA) is 17.1 Å². The van der Waals surface area contributed by atoms with E-state index in [4.69, 9.17) is 0 Å². The smallest absolute Gasteiger partial charge is 0.119 e. The van der Waals surface area contributed by atoms with Gasteiger partial charge in [0.05, 0.1) is 0 Å². The van der Waals surface area contributed by atoms with Gasteiger partial charge in [-0.15, -0.1) is 0 Å². The summed E-state index contributed by atoms with van der Waals surface area (Å²) < 4.78 is 0. The van der Waals surface area contributed by atoms with Crippen LogP contribution in [-0.2, 0) is 4.79 Å². The third kappa shape index (κ3) is 14.9. The zero-order chi connectivity index (χ0) is 12.6. The molecule has 0 bridgehead atoms. The van der Waals surface area contributed by atoms with Crippen molar-refractivity contribution in [1.29, 1.82) is 0 Å². The van der Waals surface area contributed by atoms with E-state index in [2.05, 4.69) is 30.4 Å². The Balaban J connectivity index is 3.16. The summed E-state index contributed by atoms with van der Waals surface area (Å²) in [5, 5.41) is 0. The summed E-state index contributed by atoms with van der Waals surface area (Å²) in [6, 6.07) is 0. The van der Waals surface area contributed by atoms with Crippen molar-refractivity contribution in [2.24, 2.45) is 0 Å². The van der Waals surface area contributed by atoms with Crippen LogP contribution in [0.25, 0.3) is 0 Å². The standard InChI is InChI=1S/C16H26O/c1-2-3-4-5-6-7-8-9-10-11-12-13-14-15-16-17/h2-5,10-11,16H,6-9,12-15H2,1H3/b3-2+,5-4+,11-10+. The van der Waals surface area contributed by atoms with E-state index in [0.29, 0.717) is 6.42 Å². The molecule has 0 spiro atoms. The van der Waals surface area contributed by atoms with Gasteiger partial charge in [0, 0.05) is 6.42 Å². The zero-order valence-corrected chi connectivity index (χ0v) is 11.1. The summed E-state index contributed by atoms with van der Waals surface area (Å²) in [5.74, 6) is 0. The number of aldehydes is 1. The normalized spacial score (nSPS) is 12.1. The van der Waals surface area contributed by atoms with E-state index in [-0.39, 0.29) is 0 Å². The summed E-state index contributed by atoms with van der Waals surface area (Å²) in [6.07, 6.45) is 22.9. The van der Waals surface area contributed by atoms with Crippen molar-refractivity contribution >= 4 is 6.29 Å². The Morgan fingerprint density at radius 3 is 1.76 bits per heavy atom. The van der Waals surface area contributed by atoms with Gasteiger partial charge in [-0.2, -0.15) is 0 Å². The van der Waals surface area contributed by atoms with Gasteiger partial charge in [-0.25, -0.2) is 0 Å². The molecule has 0 heterocycles. The highest BCUT2D eigenvalue weighted by atomic mass is 16.1. The van der Waals surface area contributed by atoms with Crippen LogP contribution in [0.3, 0.4) is 0 Å². The fraction of sp³-hybridized carbons (Fsp3) is 0.562. The molecule has 0 radical (unpaired) electrons. The van der Waals surface area contributed by atoms with Gasteiger partial charge in [-0.1, -0.05) is 36.5 Å². The van der Waals surface area contributed by atoms with Crippen molar-refractivity contribution < 1.29 is 4.79 Å². The van der Waals surface area contributed by atoms with Gasteiger partial charge in [-0.3, -0.25) is 0 Å². The first kappa shape index (κ1) is 15.9. The minimum atomic E-state index is 0.715. The van der Waals surface area contributed by atoms with Crippen LogP contribution in [-0.4, -0.2) is 6.29 Å². The van der Waals surface area contributed by atoms with E-state index < -0.39 is 0 Å². The monoisotopic (exact) mass is 234 g/mol. The Bertz CT molecular complexity index is 236. The van der Waals surface area contributed by atoms with Crippen LogP contribution in [0.4, 0.5) is 0 Å². The number of allylic oxidation sites excluding steroid dienone is 6. The Kier molecular flexibility index (Phi) is 13.9. The quantitative estimate of drug-likeness (QED) is 0.213. The number of unbranched alkanes of at least 4 members (excludes halogenated alkanes) is 6. The summed E-state index contributed by atoms with van der Waals surface area (Å²) in [5.41, 5.74) is 0. The van der Waals surface area contributed by atoms with Crippen LogP contribution >= 0.6 is 0 Å². The van der Waals surface area contributed by atoms with E-state index in [9.17, 15) is 4.79 Å². The van der Waals surface area contributed by atoms with E-state index in [1.165, 1.54) is 25.7 Å². The molecule has 1 nitrogen and oxygen atoms in total. The Morgan fingerprint density at radius 1 is 0.706 bits per heavy atom. The van der Waals surface area contributed by atoms with E-state index in [1.54, 1.807) is 0 Å². The Labute approximate surface area is 106 Å². The first-order valence-corrected chi connectivity index (χ1v) is 6.78. The molecule has 0 rings (SSSR count). The maximum atomic E-state index is 10.1. The number of rotatable bonds is 11. The molecule has 0 aliphatic heterocycles. The average Bonchev–Trinajstić information content (AvgIpc) is 2.35.